The van der Waals surface area contributed by atoms with Crippen molar-refractivity contribution in [3.63, 3.8) is 0 Å². The molecule has 3 aromatic heterocycles. The van der Waals surface area contributed by atoms with Gasteiger partial charge in [0.1, 0.15) is 11.5 Å². The van der Waals surface area contributed by atoms with Crippen LogP contribution in [0.2, 0.25) is 0 Å². The topological polar surface area (TPSA) is 93.6 Å². The third kappa shape index (κ3) is 1.87. The molecule has 0 amide bonds. The van der Waals surface area contributed by atoms with Crippen LogP contribution in [0.25, 0.3) is 33.1 Å². The molecular weight excluding hydrogens is 262 g/mol. The number of fused-ring (bicyclic) bond motifs is 3. The van der Waals surface area contributed by atoms with Crippen molar-refractivity contribution >= 4 is 33.4 Å². The second kappa shape index (κ2) is 4.21. The van der Waals surface area contributed by atoms with Crippen LogP contribution in [0, 0.1) is 0 Å². The van der Waals surface area contributed by atoms with E-state index in [2.05, 4.69) is 21.0 Å². The molecule has 0 fully saturated rings. The Balaban J connectivity index is 1.98. The van der Waals surface area contributed by atoms with Gasteiger partial charge in [-0.3, -0.25) is 0 Å². The molecule has 0 saturated heterocycles. The van der Waals surface area contributed by atoms with Crippen molar-refractivity contribution < 1.29 is 0 Å². The highest BCUT2D eigenvalue weighted by Crippen LogP contribution is 2.29. The number of aromatic nitrogens is 3. The van der Waals surface area contributed by atoms with Gasteiger partial charge in [0.25, 0.3) is 0 Å². The van der Waals surface area contributed by atoms with Crippen molar-refractivity contribution in [3.05, 3.63) is 48.8 Å². The Morgan fingerprint density at radius 2 is 1.62 bits per heavy atom. The second-order valence-corrected chi connectivity index (χ2v) is 5.02. The Bertz CT molecular complexity index is 954. The first kappa shape index (κ1) is 11.7. The molecule has 0 aliphatic carbocycles. The van der Waals surface area contributed by atoms with Crippen molar-refractivity contribution in [2.75, 3.05) is 11.5 Å². The number of aromatic amines is 1. The standard InChI is InChI=1S/C16H13N5/c17-11-3-1-9(2-4-11)10-5-13-12-6-15(18)19-8-14(12)21-16(13)20-7-10/h1-8H,17H2,(H2,18,19)(H,20,21). The van der Waals surface area contributed by atoms with Gasteiger partial charge in [-0.2, -0.15) is 0 Å². The Morgan fingerprint density at radius 1 is 0.810 bits per heavy atom. The molecule has 21 heavy (non-hydrogen) atoms. The zero-order valence-electron chi connectivity index (χ0n) is 11.2. The van der Waals surface area contributed by atoms with Crippen LogP contribution >= 0.6 is 0 Å². The first-order valence-electron chi connectivity index (χ1n) is 6.59. The third-order valence-electron chi connectivity index (χ3n) is 3.60. The van der Waals surface area contributed by atoms with Crippen LogP contribution in [-0.2, 0) is 0 Å². The number of pyridine rings is 2. The molecule has 0 bridgehead atoms. The highest BCUT2D eigenvalue weighted by Gasteiger charge is 2.08. The molecule has 4 aromatic rings. The minimum atomic E-state index is 0.501. The fourth-order valence-corrected chi connectivity index (χ4v) is 2.52. The van der Waals surface area contributed by atoms with Crippen LogP contribution in [0.1, 0.15) is 0 Å². The molecule has 4 rings (SSSR count). The lowest BCUT2D eigenvalue weighted by Gasteiger charge is -2.02. The van der Waals surface area contributed by atoms with Crippen molar-refractivity contribution in [1.29, 1.82) is 0 Å². The SMILES string of the molecule is Nc1ccc(-c2cnc3[nH]c4cnc(N)cc4c3c2)cc1. The summed E-state index contributed by atoms with van der Waals surface area (Å²) in [6, 6.07) is 11.7. The summed E-state index contributed by atoms with van der Waals surface area (Å²) in [7, 11) is 0. The number of anilines is 2. The van der Waals surface area contributed by atoms with Crippen LogP contribution in [0.15, 0.2) is 48.8 Å². The number of hydrogen-bond donors (Lipinski definition) is 3. The lowest BCUT2D eigenvalue weighted by Crippen LogP contribution is -1.87. The van der Waals surface area contributed by atoms with E-state index in [1.165, 1.54) is 0 Å². The normalized spacial score (nSPS) is 11.2. The van der Waals surface area contributed by atoms with E-state index < -0.39 is 0 Å². The van der Waals surface area contributed by atoms with Gasteiger partial charge in [-0.05, 0) is 29.8 Å². The summed E-state index contributed by atoms with van der Waals surface area (Å²) in [4.78, 5) is 11.8. The van der Waals surface area contributed by atoms with E-state index in [-0.39, 0.29) is 0 Å². The van der Waals surface area contributed by atoms with Gasteiger partial charge in [-0.25, -0.2) is 9.97 Å². The molecule has 3 heterocycles. The van der Waals surface area contributed by atoms with Gasteiger partial charge in [0.2, 0.25) is 0 Å². The number of nitrogens with two attached hydrogens (primary N) is 2. The highest BCUT2D eigenvalue weighted by molar-refractivity contribution is 6.07. The summed E-state index contributed by atoms with van der Waals surface area (Å²) in [5.74, 6) is 0.501. The van der Waals surface area contributed by atoms with Crippen LogP contribution in [0.5, 0.6) is 0 Å². The lowest BCUT2D eigenvalue weighted by atomic mass is 10.1. The van der Waals surface area contributed by atoms with E-state index in [4.69, 9.17) is 11.5 Å². The average Bonchev–Trinajstić information content (AvgIpc) is 2.85. The molecule has 0 spiro atoms. The third-order valence-corrected chi connectivity index (χ3v) is 3.60. The first-order chi connectivity index (χ1) is 10.2. The first-order valence-corrected chi connectivity index (χ1v) is 6.59. The van der Waals surface area contributed by atoms with Gasteiger partial charge in [0.05, 0.1) is 11.7 Å². The molecule has 5 nitrogen and oxygen atoms in total. The van der Waals surface area contributed by atoms with Crippen LogP contribution in [0.4, 0.5) is 11.5 Å². The second-order valence-electron chi connectivity index (χ2n) is 5.02. The van der Waals surface area contributed by atoms with E-state index in [0.29, 0.717) is 5.82 Å². The molecule has 5 N–H and O–H groups in total. The molecule has 0 aliphatic heterocycles. The summed E-state index contributed by atoms with van der Waals surface area (Å²) < 4.78 is 0. The van der Waals surface area contributed by atoms with E-state index in [1.54, 1.807) is 6.20 Å². The number of H-pyrrole nitrogens is 1. The van der Waals surface area contributed by atoms with Crippen molar-refractivity contribution in [3.8, 4) is 11.1 Å². The van der Waals surface area contributed by atoms with Crippen LogP contribution in [0.3, 0.4) is 0 Å². The minimum Gasteiger partial charge on any atom is -0.399 e. The number of rotatable bonds is 1. The molecular formula is C16H13N5. The van der Waals surface area contributed by atoms with Gasteiger partial charge in [-0.15, -0.1) is 0 Å². The summed E-state index contributed by atoms with van der Waals surface area (Å²) in [5, 5.41) is 2.07. The quantitative estimate of drug-likeness (QED) is 0.465. The summed E-state index contributed by atoms with van der Waals surface area (Å²) in [6.07, 6.45) is 3.58. The number of nitrogens with one attached hydrogen (secondary N) is 1. The average molecular weight is 275 g/mol. The zero-order valence-corrected chi connectivity index (χ0v) is 11.2. The molecule has 0 atom stereocenters. The van der Waals surface area contributed by atoms with Crippen LogP contribution in [-0.4, -0.2) is 15.0 Å². The Labute approximate surface area is 120 Å². The van der Waals surface area contributed by atoms with Gasteiger partial charge >= 0.3 is 0 Å². The van der Waals surface area contributed by atoms with Gasteiger partial charge in [0.15, 0.2) is 0 Å². The highest BCUT2D eigenvalue weighted by atomic mass is 14.9. The van der Waals surface area contributed by atoms with Crippen molar-refractivity contribution in [2.24, 2.45) is 0 Å². The van der Waals surface area contributed by atoms with Crippen LogP contribution < -0.4 is 11.5 Å². The lowest BCUT2D eigenvalue weighted by molar-refractivity contribution is 1.32. The summed E-state index contributed by atoms with van der Waals surface area (Å²) in [6.45, 7) is 0. The number of hydrogen-bond acceptors (Lipinski definition) is 4. The Hall–Kier alpha value is -3.08. The monoisotopic (exact) mass is 275 g/mol. The largest absolute Gasteiger partial charge is 0.399 e. The summed E-state index contributed by atoms with van der Waals surface area (Å²) in [5.41, 5.74) is 16.1. The number of benzene rings is 1. The number of nitrogen functional groups attached to an aromatic ring is 2. The molecule has 0 aliphatic rings. The van der Waals surface area contributed by atoms with Gasteiger partial charge < -0.3 is 16.5 Å². The zero-order chi connectivity index (χ0) is 14.4. The van der Waals surface area contributed by atoms with E-state index in [1.807, 2.05) is 36.5 Å². The molecule has 5 heteroatoms. The fourth-order valence-electron chi connectivity index (χ4n) is 2.52. The maximum Gasteiger partial charge on any atom is 0.138 e. The Kier molecular flexibility index (Phi) is 2.35. The molecule has 102 valence electrons. The maximum atomic E-state index is 5.78. The molecule has 0 unspecified atom stereocenters. The predicted molar refractivity (Wildman–Crippen MR) is 85.7 cm³/mol. The summed E-state index contributed by atoms with van der Waals surface area (Å²) >= 11 is 0. The molecule has 0 radical (unpaired) electrons. The minimum absolute atomic E-state index is 0.501. The van der Waals surface area contributed by atoms with Gasteiger partial charge in [0, 0.05) is 28.2 Å². The smallest absolute Gasteiger partial charge is 0.138 e. The van der Waals surface area contributed by atoms with E-state index in [0.717, 1.165) is 38.8 Å². The fraction of sp³-hybridized carbons (Fsp3) is 0. The van der Waals surface area contributed by atoms with E-state index >= 15 is 0 Å². The van der Waals surface area contributed by atoms with E-state index in [9.17, 15) is 0 Å². The molecule has 0 saturated carbocycles. The molecule has 1 aromatic carbocycles. The maximum absolute atomic E-state index is 5.78. The predicted octanol–water partition coefficient (Wildman–Crippen LogP) is 2.94. The Morgan fingerprint density at radius 3 is 2.43 bits per heavy atom. The van der Waals surface area contributed by atoms with Crippen molar-refractivity contribution in [1.82, 2.24) is 15.0 Å². The number of nitrogens with zero attached hydrogens (tertiary/aromatic N) is 2. The van der Waals surface area contributed by atoms with Crippen molar-refractivity contribution in [2.45, 2.75) is 0 Å². The van der Waals surface area contributed by atoms with Gasteiger partial charge in [-0.1, -0.05) is 12.1 Å².